The van der Waals surface area contributed by atoms with Gasteiger partial charge in [0, 0.05) is 70.9 Å². The molecular formula is C25H40IN7. The molecule has 2 unspecified atom stereocenters. The Labute approximate surface area is 216 Å². The lowest BCUT2D eigenvalue weighted by molar-refractivity contribution is 0.188. The molecule has 4 rings (SSSR count). The van der Waals surface area contributed by atoms with Gasteiger partial charge in [-0.05, 0) is 49.9 Å². The van der Waals surface area contributed by atoms with E-state index in [1.807, 2.05) is 19.6 Å². The maximum absolute atomic E-state index is 4.57. The third-order valence-corrected chi connectivity index (χ3v) is 7.01. The van der Waals surface area contributed by atoms with Crippen molar-refractivity contribution in [2.24, 2.45) is 10.9 Å². The Kier molecular flexibility index (Phi) is 9.85. The number of rotatable bonds is 6. The molecule has 2 aromatic rings. The summed E-state index contributed by atoms with van der Waals surface area (Å²) >= 11 is 0. The molecule has 0 radical (unpaired) electrons. The molecule has 0 saturated carbocycles. The van der Waals surface area contributed by atoms with Crippen LogP contribution in [0.4, 0.5) is 5.69 Å². The third kappa shape index (κ3) is 6.85. The van der Waals surface area contributed by atoms with Gasteiger partial charge in [0.2, 0.25) is 0 Å². The molecule has 2 saturated heterocycles. The van der Waals surface area contributed by atoms with E-state index in [0.717, 1.165) is 64.7 Å². The van der Waals surface area contributed by atoms with E-state index in [1.165, 1.54) is 17.7 Å². The molecule has 7 nitrogen and oxygen atoms in total. The van der Waals surface area contributed by atoms with Crippen molar-refractivity contribution in [1.82, 2.24) is 24.7 Å². The van der Waals surface area contributed by atoms with Gasteiger partial charge in [-0.1, -0.05) is 19.1 Å². The minimum Gasteiger partial charge on any atom is -0.369 e. The zero-order valence-electron chi connectivity index (χ0n) is 20.4. The van der Waals surface area contributed by atoms with Crippen molar-refractivity contribution in [3.05, 3.63) is 48.5 Å². The van der Waals surface area contributed by atoms with Crippen LogP contribution in [0.15, 0.2) is 48.0 Å². The minimum absolute atomic E-state index is 0. The molecule has 2 fully saturated rings. The first kappa shape index (κ1) is 25.8. The number of anilines is 1. The molecule has 0 aliphatic carbocycles. The summed E-state index contributed by atoms with van der Waals surface area (Å²) in [6.07, 6.45) is 8.21. The van der Waals surface area contributed by atoms with Crippen LogP contribution in [0.5, 0.6) is 0 Å². The standard InChI is InChI=1S/C25H39N7.HI/c1-21-6-4-7-23(18-21)30-16-14-29(15-17-30)11-5-9-28-25(26-3)31-12-8-22(2)24(19-31)32-13-10-27-20-32;/h4,6-7,10,13,18,20,22,24H,5,8-9,11-12,14-17,19H2,1-3H3,(H,26,28);1H. The van der Waals surface area contributed by atoms with E-state index in [2.05, 4.69) is 78.9 Å². The first-order valence-corrected chi connectivity index (χ1v) is 12.1. The Morgan fingerprint density at radius 1 is 1.18 bits per heavy atom. The van der Waals surface area contributed by atoms with Crippen LogP contribution < -0.4 is 10.2 Å². The summed E-state index contributed by atoms with van der Waals surface area (Å²) < 4.78 is 2.25. The maximum Gasteiger partial charge on any atom is 0.193 e. The van der Waals surface area contributed by atoms with Crippen molar-refractivity contribution >= 4 is 35.6 Å². The normalized spacial score (nSPS) is 22.2. The quantitative estimate of drug-likeness (QED) is 0.252. The Bertz CT molecular complexity index is 861. The van der Waals surface area contributed by atoms with Gasteiger partial charge < -0.3 is 19.7 Å². The number of guanidine groups is 1. The van der Waals surface area contributed by atoms with Crippen molar-refractivity contribution < 1.29 is 0 Å². The van der Waals surface area contributed by atoms with Crippen LogP contribution in [0.25, 0.3) is 0 Å². The highest BCUT2D eigenvalue weighted by Crippen LogP contribution is 2.27. The maximum atomic E-state index is 4.57. The monoisotopic (exact) mass is 565 g/mol. The highest BCUT2D eigenvalue weighted by Gasteiger charge is 2.28. The number of hydrogen-bond donors (Lipinski definition) is 1. The average Bonchev–Trinajstić information content (AvgIpc) is 3.35. The molecular weight excluding hydrogens is 525 g/mol. The van der Waals surface area contributed by atoms with Gasteiger partial charge in [-0.25, -0.2) is 4.98 Å². The Balaban J connectivity index is 0.00000306. The van der Waals surface area contributed by atoms with E-state index in [9.17, 15) is 0 Å². The second-order valence-corrected chi connectivity index (χ2v) is 9.28. The number of nitrogens with one attached hydrogen (secondary N) is 1. The summed E-state index contributed by atoms with van der Waals surface area (Å²) in [7, 11) is 1.90. The molecule has 2 atom stereocenters. The SMILES string of the molecule is CN=C(NCCCN1CCN(c2cccc(C)c2)CC1)N1CCC(C)C(n2ccnc2)C1.I. The van der Waals surface area contributed by atoms with Crippen LogP contribution in [-0.2, 0) is 0 Å². The summed E-state index contributed by atoms with van der Waals surface area (Å²) in [6, 6.07) is 9.31. The molecule has 3 heterocycles. The van der Waals surface area contributed by atoms with Gasteiger partial charge in [-0.2, -0.15) is 0 Å². The van der Waals surface area contributed by atoms with Gasteiger partial charge in [-0.15, -0.1) is 24.0 Å². The zero-order valence-corrected chi connectivity index (χ0v) is 22.7. The van der Waals surface area contributed by atoms with Crippen LogP contribution in [-0.4, -0.2) is 84.7 Å². The number of aliphatic imine (C=N–C) groups is 1. The number of benzene rings is 1. The Hall–Kier alpha value is -1.81. The van der Waals surface area contributed by atoms with Gasteiger partial charge in [0.1, 0.15) is 0 Å². The summed E-state index contributed by atoms with van der Waals surface area (Å²) in [4.78, 5) is 16.3. The highest BCUT2D eigenvalue weighted by molar-refractivity contribution is 14.0. The van der Waals surface area contributed by atoms with Crippen molar-refractivity contribution in [3.63, 3.8) is 0 Å². The zero-order chi connectivity index (χ0) is 22.3. The van der Waals surface area contributed by atoms with Crippen LogP contribution in [0.2, 0.25) is 0 Å². The predicted molar refractivity (Wildman–Crippen MR) is 148 cm³/mol. The number of piperazine rings is 1. The molecule has 0 amide bonds. The second-order valence-electron chi connectivity index (χ2n) is 9.28. The van der Waals surface area contributed by atoms with E-state index >= 15 is 0 Å². The fourth-order valence-electron chi connectivity index (χ4n) is 4.98. The third-order valence-electron chi connectivity index (χ3n) is 7.01. The highest BCUT2D eigenvalue weighted by atomic mass is 127. The first-order valence-electron chi connectivity index (χ1n) is 12.1. The number of likely N-dealkylation sites (tertiary alicyclic amines) is 1. The predicted octanol–water partition coefficient (Wildman–Crippen LogP) is 3.48. The van der Waals surface area contributed by atoms with Gasteiger partial charge in [-0.3, -0.25) is 9.89 Å². The van der Waals surface area contributed by atoms with Gasteiger partial charge in [0.15, 0.2) is 5.96 Å². The molecule has 0 spiro atoms. The van der Waals surface area contributed by atoms with Crippen molar-refractivity contribution in [2.45, 2.75) is 32.7 Å². The smallest absolute Gasteiger partial charge is 0.193 e. The van der Waals surface area contributed by atoms with Crippen LogP contribution >= 0.6 is 24.0 Å². The fourth-order valence-corrected chi connectivity index (χ4v) is 4.98. The Morgan fingerprint density at radius 2 is 2.00 bits per heavy atom. The lowest BCUT2D eigenvalue weighted by Gasteiger charge is -2.39. The average molecular weight is 566 g/mol. The molecule has 8 heteroatoms. The number of aromatic nitrogens is 2. The van der Waals surface area contributed by atoms with Crippen LogP contribution in [0.3, 0.4) is 0 Å². The van der Waals surface area contributed by atoms with Gasteiger partial charge in [0.25, 0.3) is 0 Å². The number of halogens is 1. The van der Waals surface area contributed by atoms with Gasteiger partial charge >= 0.3 is 0 Å². The largest absolute Gasteiger partial charge is 0.369 e. The molecule has 0 bridgehead atoms. The molecule has 1 aromatic heterocycles. The van der Waals surface area contributed by atoms with Crippen LogP contribution in [0.1, 0.15) is 31.4 Å². The second kappa shape index (κ2) is 12.6. The summed E-state index contributed by atoms with van der Waals surface area (Å²) in [5.74, 6) is 1.68. The number of nitrogens with zero attached hydrogens (tertiary/aromatic N) is 6. The summed E-state index contributed by atoms with van der Waals surface area (Å²) in [5, 5.41) is 3.61. The van der Waals surface area contributed by atoms with E-state index in [4.69, 9.17) is 0 Å². The fraction of sp³-hybridized carbons (Fsp3) is 0.600. The lowest BCUT2D eigenvalue weighted by Crippen LogP contribution is -2.50. The summed E-state index contributed by atoms with van der Waals surface area (Å²) in [5.41, 5.74) is 2.70. The van der Waals surface area contributed by atoms with E-state index in [0.29, 0.717) is 12.0 Å². The topological polar surface area (TPSA) is 51.9 Å². The van der Waals surface area contributed by atoms with Gasteiger partial charge in [0.05, 0.1) is 12.4 Å². The van der Waals surface area contributed by atoms with Crippen molar-refractivity contribution in [3.8, 4) is 0 Å². The number of hydrogen-bond acceptors (Lipinski definition) is 4. The molecule has 2 aliphatic heterocycles. The summed E-state index contributed by atoms with van der Waals surface area (Å²) in [6.45, 7) is 13.2. The van der Waals surface area contributed by atoms with Crippen molar-refractivity contribution in [2.75, 3.05) is 64.3 Å². The molecule has 182 valence electrons. The molecule has 1 aromatic carbocycles. The Morgan fingerprint density at radius 3 is 2.70 bits per heavy atom. The molecule has 2 aliphatic rings. The number of aryl methyl sites for hydroxylation is 1. The number of imidazole rings is 1. The van der Waals surface area contributed by atoms with E-state index < -0.39 is 0 Å². The number of piperidine rings is 1. The van der Waals surface area contributed by atoms with E-state index in [-0.39, 0.29) is 24.0 Å². The molecule has 1 N–H and O–H groups in total. The van der Waals surface area contributed by atoms with E-state index in [1.54, 1.807) is 0 Å². The van der Waals surface area contributed by atoms with Crippen LogP contribution in [0, 0.1) is 12.8 Å². The molecule has 33 heavy (non-hydrogen) atoms. The minimum atomic E-state index is 0. The lowest BCUT2D eigenvalue weighted by atomic mass is 9.93. The first-order chi connectivity index (χ1) is 15.6. The van der Waals surface area contributed by atoms with Crippen molar-refractivity contribution in [1.29, 1.82) is 0 Å².